The third-order valence-electron chi connectivity index (χ3n) is 16.0. The molecule has 0 unspecified atom stereocenters. The van der Waals surface area contributed by atoms with Crippen molar-refractivity contribution in [2.45, 2.75) is 150 Å². The van der Waals surface area contributed by atoms with Gasteiger partial charge in [0.25, 0.3) is 6.71 Å². The molecule has 1 aliphatic carbocycles. The van der Waals surface area contributed by atoms with Gasteiger partial charge in [0, 0.05) is 34.0 Å². The first-order valence-electron chi connectivity index (χ1n) is 25.4. The highest BCUT2D eigenvalue weighted by molar-refractivity contribution is 7.00. The number of hydrogen-bond acceptors (Lipinski definition) is 2. The van der Waals surface area contributed by atoms with Crippen LogP contribution in [0.5, 0.6) is 0 Å². The summed E-state index contributed by atoms with van der Waals surface area (Å²) in [7, 11) is 0. The summed E-state index contributed by atoms with van der Waals surface area (Å²) in [6.07, 6.45) is 2.32. The van der Waals surface area contributed by atoms with Crippen molar-refractivity contribution in [3.05, 3.63) is 173 Å². The molecule has 3 heteroatoms. The summed E-state index contributed by atoms with van der Waals surface area (Å²) in [5.41, 5.74) is 25.1. The molecule has 2 heterocycles. The lowest BCUT2D eigenvalue weighted by atomic mass is 9.33. The highest BCUT2D eigenvalue weighted by atomic mass is 15.2. The van der Waals surface area contributed by atoms with Crippen molar-refractivity contribution in [3.8, 4) is 22.3 Å². The van der Waals surface area contributed by atoms with Gasteiger partial charge in [0.2, 0.25) is 0 Å². The maximum atomic E-state index is 2.71. The molecule has 10 rings (SSSR count). The van der Waals surface area contributed by atoms with Crippen LogP contribution in [0, 0.1) is 0 Å². The maximum Gasteiger partial charge on any atom is 0.252 e. The first-order chi connectivity index (χ1) is 31.9. The van der Waals surface area contributed by atoms with Crippen LogP contribution in [0.1, 0.15) is 156 Å². The molecule has 0 radical (unpaired) electrons. The predicted molar refractivity (Wildman–Crippen MR) is 297 cm³/mol. The first-order valence-corrected chi connectivity index (χ1v) is 25.4. The standard InChI is InChI=1S/C65H73BN2/c1-41(2)45-35-58-60-59(36-45)68(55-30-26-47(62(6,7)8)37-50(55)44-23-19-22-43(34-44)42-20-17-16-18-21-42)57-40-52-51(64(12,13)32-33-65(52,14)15)39-54(57)66(60)53-38-48(63(9,10)11)27-31-56(53)67(58)49-28-24-46(25-29-49)61(3,4)5/h16-31,34-41H,32-33H2,1-15H3. The fraction of sp³-hybridized carbons (Fsp3) is 0.354. The van der Waals surface area contributed by atoms with Crippen molar-refractivity contribution in [1.82, 2.24) is 0 Å². The van der Waals surface area contributed by atoms with Crippen LogP contribution in [0.4, 0.5) is 34.1 Å². The minimum atomic E-state index is -0.0435. The molecule has 0 atom stereocenters. The SMILES string of the molecule is CC(C)c1cc2c3c(c1)N(c1ccc(C(C)(C)C)cc1-c1cccc(-c4ccccc4)c1)c1cc4c(cc1B3c1cc(C(C)(C)C)ccc1N2c1ccc(C(C)(C)C)cc1)C(C)(C)CCC4(C)C. The van der Waals surface area contributed by atoms with Crippen LogP contribution in [-0.4, -0.2) is 6.71 Å². The summed E-state index contributed by atoms with van der Waals surface area (Å²) >= 11 is 0. The van der Waals surface area contributed by atoms with E-state index in [-0.39, 0.29) is 33.8 Å². The van der Waals surface area contributed by atoms with Crippen molar-refractivity contribution in [2.24, 2.45) is 0 Å². The highest BCUT2D eigenvalue weighted by Crippen LogP contribution is 2.52. The van der Waals surface area contributed by atoms with E-state index in [0.717, 1.165) is 6.42 Å². The van der Waals surface area contributed by atoms with Crippen molar-refractivity contribution in [2.75, 3.05) is 9.80 Å². The molecule has 346 valence electrons. The Morgan fingerprint density at radius 1 is 0.441 bits per heavy atom. The lowest BCUT2D eigenvalue weighted by Gasteiger charge is -2.48. The van der Waals surface area contributed by atoms with Crippen LogP contribution in [0.2, 0.25) is 0 Å². The fourth-order valence-electron chi connectivity index (χ4n) is 11.5. The van der Waals surface area contributed by atoms with Gasteiger partial charge in [-0.1, -0.05) is 189 Å². The van der Waals surface area contributed by atoms with Crippen molar-refractivity contribution in [3.63, 3.8) is 0 Å². The summed E-state index contributed by atoms with van der Waals surface area (Å²) in [5.74, 6) is 0.307. The molecule has 7 aromatic carbocycles. The molecule has 0 spiro atoms. The molecule has 7 aromatic rings. The first kappa shape index (κ1) is 46.0. The summed E-state index contributed by atoms with van der Waals surface area (Å²) < 4.78 is 0. The largest absolute Gasteiger partial charge is 0.311 e. The molecule has 0 saturated heterocycles. The number of rotatable bonds is 5. The van der Waals surface area contributed by atoms with Gasteiger partial charge in [-0.3, -0.25) is 0 Å². The lowest BCUT2D eigenvalue weighted by Crippen LogP contribution is -2.62. The number of fused-ring (bicyclic) bond motifs is 5. The van der Waals surface area contributed by atoms with Gasteiger partial charge in [-0.05, 0) is 167 Å². The van der Waals surface area contributed by atoms with Crippen LogP contribution in [0.3, 0.4) is 0 Å². The smallest absolute Gasteiger partial charge is 0.252 e. The summed E-state index contributed by atoms with van der Waals surface area (Å²) in [6, 6.07) is 54.8. The van der Waals surface area contributed by atoms with E-state index in [2.05, 4.69) is 253 Å². The topological polar surface area (TPSA) is 6.48 Å². The Hall–Kier alpha value is -5.80. The van der Waals surface area contributed by atoms with E-state index in [4.69, 9.17) is 0 Å². The Balaban J connectivity index is 1.35. The number of hydrogen-bond donors (Lipinski definition) is 0. The monoisotopic (exact) mass is 893 g/mol. The van der Waals surface area contributed by atoms with Gasteiger partial charge < -0.3 is 9.80 Å². The van der Waals surface area contributed by atoms with E-state index >= 15 is 0 Å². The van der Waals surface area contributed by atoms with Gasteiger partial charge in [-0.2, -0.15) is 0 Å². The Morgan fingerprint density at radius 3 is 1.56 bits per heavy atom. The van der Waals surface area contributed by atoms with E-state index in [0.29, 0.717) is 5.92 Å². The minimum absolute atomic E-state index is 0.0256. The second-order valence-electron chi connectivity index (χ2n) is 25.2. The van der Waals surface area contributed by atoms with Crippen molar-refractivity contribution < 1.29 is 0 Å². The van der Waals surface area contributed by atoms with Gasteiger partial charge in [0.05, 0.1) is 5.69 Å². The summed E-state index contributed by atoms with van der Waals surface area (Å²) in [6.45, 7) is 35.8. The average Bonchev–Trinajstić information content (AvgIpc) is 3.29. The van der Waals surface area contributed by atoms with E-state index < -0.39 is 0 Å². The van der Waals surface area contributed by atoms with E-state index in [1.165, 1.54) is 113 Å². The zero-order valence-corrected chi connectivity index (χ0v) is 43.7. The van der Waals surface area contributed by atoms with Gasteiger partial charge in [-0.25, -0.2) is 0 Å². The molecular weight excluding hydrogens is 820 g/mol. The second kappa shape index (κ2) is 15.9. The Bertz CT molecular complexity index is 3090. The number of nitrogens with zero attached hydrogens (tertiary/aromatic N) is 2. The van der Waals surface area contributed by atoms with Crippen LogP contribution >= 0.6 is 0 Å². The second-order valence-corrected chi connectivity index (χ2v) is 25.2. The molecule has 2 aliphatic heterocycles. The Labute approximate surface area is 409 Å². The zero-order chi connectivity index (χ0) is 48.5. The van der Waals surface area contributed by atoms with Gasteiger partial charge in [-0.15, -0.1) is 0 Å². The van der Waals surface area contributed by atoms with Gasteiger partial charge in [0.1, 0.15) is 0 Å². The number of benzene rings is 7. The van der Waals surface area contributed by atoms with Crippen molar-refractivity contribution >= 4 is 57.2 Å². The molecule has 3 aliphatic rings. The Morgan fingerprint density at radius 2 is 0.956 bits per heavy atom. The molecular formula is C65H73BN2. The van der Waals surface area contributed by atoms with Crippen LogP contribution < -0.4 is 26.2 Å². The predicted octanol–water partition coefficient (Wildman–Crippen LogP) is 16.5. The minimum Gasteiger partial charge on any atom is -0.311 e. The molecule has 0 N–H and O–H groups in total. The van der Waals surface area contributed by atoms with E-state index in [1.54, 1.807) is 0 Å². The molecule has 2 nitrogen and oxygen atoms in total. The molecule has 0 bridgehead atoms. The van der Waals surface area contributed by atoms with Gasteiger partial charge in [0.15, 0.2) is 0 Å². The van der Waals surface area contributed by atoms with Crippen LogP contribution in [0.25, 0.3) is 22.3 Å². The lowest BCUT2D eigenvalue weighted by molar-refractivity contribution is 0.332. The van der Waals surface area contributed by atoms with Gasteiger partial charge >= 0.3 is 0 Å². The summed E-state index contributed by atoms with van der Waals surface area (Å²) in [5, 5.41) is 0. The van der Waals surface area contributed by atoms with Crippen molar-refractivity contribution in [1.29, 1.82) is 0 Å². The van der Waals surface area contributed by atoms with Crippen LogP contribution in [-0.2, 0) is 27.1 Å². The summed E-state index contributed by atoms with van der Waals surface area (Å²) in [4.78, 5) is 5.32. The number of anilines is 6. The Kier molecular flexibility index (Phi) is 10.7. The maximum absolute atomic E-state index is 2.71. The molecule has 0 fully saturated rings. The fourth-order valence-corrected chi connectivity index (χ4v) is 11.5. The third kappa shape index (κ3) is 7.73. The average molecular weight is 893 g/mol. The van der Waals surface area contributed by atoms with Crippen LogP contribution in [0.15, 0.2) is 140 Å². The zero-order valence-electron chi connectivity index (χ0n) is 43.7. The molecule has 68 heavy (non-hydrogen) atoms. The molecule has 0 saturated carbocycles. The molecule has 0 amide bonds. The van der Waals surface area contributed by atoms with E-state index in [1.807, 2.05) is 0 Å². The third-order valence-corrected chi connectivity index (χ3v) is 16.0. The highest BCUT2D eigenvalue weighted by Gasteiger charge is 2.47. The normalized spacial score (nSPS) is 16.0. The quantitative estimate of drug-likeness (QED) is 0.159. The molecule has 0 aromatic heterocycles. The van der Waals surface area contributed by atoms with E-state index in [9.17, 15) is 0 Å².